The number of hydrogen-bond acceptors (Lipinski definition) is 6. The third-order valence-corrected chi connectivity index (χ3v) is 19.6. The van der Waals surface area contributed by atoms with Crippen LogP contribution in [0.5, 0.6) is 0 Å². The van der Waals surface area contributed by atoms with E-state index in [9.17, 15) is 19.0 Å². The number of unbranched alkanes of at least 4 members (excludes halogenated alkanes) is 55. The molecular weight excluding hydrogens is 1140 g/mol. The van der Waals surface area contributed by atoms with Crippen LogP contribution in [0.15, 0.2) is 36.5 Å². The van der Waals surface area contributed by atoms with Gasteiger partial charge in [0.15, 0.2) is 0 Å². The number of rotatable bonds is 75. The van der Waals surface area contributed by atoms with Crippen molar-refractivity contribution in [1.82, 2.24) is 5.32 Å². The predicted octanol–water partition coefficient (Wildman–Crippen LogP) is 26.1. The summed E-state index contributed by atoms with van der Waals surface area (Å²) in [5.74, 6) is -0.478. The van der Waals surface area contributed by atoms with E-state index in [-0.39, 0.29) is 25.1 Å². The summed E-state index contributed by atoms with van der Waals surface area (Å²) in [4.78, 5) is 38.1. The van der Waals surface area contributed by atoms with Crippen molar-refractivity contribution >= 4 is 19.7 Å². The Bertz CT molecular complexity index is 1650. The molecule has 10 heteroatoms. The number of nitrogens with one attached hydrogen (secondary N) is 1. The molecule has 0 aromatic rings. The molecule has 0 fully saturated rings. The predicted molar refractivity (Wildman–Crippen MR) is 397 cm³/mol. The number of amides is 1. The van der Waals surface area contributed by atoms with Gasteiger partial charge >= 0.3 is 13.8 Å². The molecule has 1 amide bonds. The van der Waals surface area contributed by atoms with Gasteiger partial charge in [-0.1, -0.05) is 379 Å². The van der Waals surface area contributed by atoms with Crippen LogP contribution in [0, 0.1) is 0 Å². The first-order valence-electron chi connectivity index (χ1n) is 40.3. The molecule has 9 nitrogen and oxygen atoms in total. The standard InChI is InChI=1S/C81H157N2O7P/c1-7-10-13-16-19-22-25-28-30-32-34-36-38-40-41-43-45-47-49-51-53-56-59-62-65-68-71-74-81(85)90-79(72-69-66-63-60-57-54-27-24-21-18-15-12-9-3)78(77-89-91(86,87)88-76-75-83(4,5)6)82-80(84)73-70-67-64-61-58-55-52-50-48-46-44-42-39-37-35-33-31-29-26-23-20-17-14-11-8-2/h20,23,29,31,69,72,78-79H,7-19,21-22,24-28,30,32-68,70-71,73-77H2,1-6H3,(H-,82,84,86,87)/p+1/b23-20-,31-29-,72-69+. The number of likely N-dealkylation sites (N-methyl/N-ethyl adjacent to an activating group) is 1. The monoisotopic (exact) mass is 1300 g/mol. The second-order valence-electron chi connectivity index (χ2n) is 29.0. The van der Waals surface area contributed by atoms with Crippen molar-refractivity contribution < 1.29 is 37.3 Å². The van der Waals surface area contributed by atoms with Crippen molar-refractivity contribution in [2.45, 2.75) is 431 Å². The van der Waals surface area contributed by atoms with Gasteiger partial charge in [-0.2, -0.15) is 0 Å². The lowest BCUT2D eigenvalue weighted by molar-refractivity contribution is -0.870. The van der Waals surface area contributed by atoms with E-state index in [4.69, 9.17) is 13.8 Å². The Balaban J connectivity index is 4.91. The molecule has 0 rings (SSSR count). The molecule has 0 heterocycles. The summed E-state index contributed by atoms with van der Waals surface area (Å²) in [6.45, 7) is 7.07. The van der Waals surface area contributed by atoms with Crippen LogP contribution in [0.25, 0.3) is 0 Å². The van der Waals surface area contributed by atoms with Gasteiger partial charge < -0.3 is 19.4 Å². The number of quaternary nitrogens is 1. The minimum absolute atomic E-state index is 0.0439. The highest BCUT2D eigenvalue weighted by Crippen LogP contribution is 2.43. The van der Waals surface area contributed by atoms with Crippen molar-refractivity contribution in [3.63, 3.8) is 0 Å². The molecular formula is C81H158N2O7P+. The highest BCUT2D eigenvalue weighted by Gasteiger charge is 2.30. The van der Waals surface area contributed by atoms with Gasteiger partial charge in [0.1, 0.15) is 19.3 Å². The number of esters is 1. The number of carbonyl (C=O) groups is 2. The van der Waals surface area contributed by atoms with E-state index in [1.165, 1.54) is 321 Å². The lowest BCUT2D eigenvalue weighted by Crippen LogP contribution is -2.47. The zero-order valence-electron chi connectivity index (χ0n) is 61.9. The van der Waals surface area contributed by atoms with Crippen LogP contribution in [-0.2, 0) is 27.9 Å². The number of ether oxygens (including phenoxy) is 1. The summed E-state index contributed by atoms with van der Waals surface area (Å²) in [5.41, 5.74) is 0. The number of hydrogen-bond donors (Lipinski definition) is 2. The lowest BCUT2D eigenvalue weighted by Gasteiger charge is -2.27. The molecule has 0 saturated carbocycles. The average molecular weight is 1300 g/mol. The summed E-state index contributed by atoms with van der Waals surface area (Å²) in [6.07, 6.45) is 90.4. The molecule has 0 spiro atoms. The van der Waals surface area contributed by atoms with E-state index in [0.29, 0.717) is 23.9 Å². The van der Waals surface area contributed by atoms with Crippen LogP contribution < -0.4 is 5.32 Å². The van der Waals surface area contributed by atoms with Crippen molar-refractivity contribution in [3.05, 3.63) is 36.5 Å². The van der Waals surface area contributed by atoms with Crippen molar-refractivity contribution in [2.75, 3.05) is 40.9 Å². The van der Waals surface area contributed by atoms with E-state index in [2.05, 4.69) is 56.5 Å². The third kappa shape index (κ3) is 72.3. The number of nitrogens with zero attached hydrogens (tertiary/aromatic N) is 1. The van der Waals surface area contributed by atoms with Gasteiger partial charge in [-0.3, -0.25) is 18.6 Å². The minimum atomic E-state index is -4.46. The van der Waals surface area contributed by atoms with Crippen molar-refractivity contribution in [1.29, 1.82) is 0 Å². The lowest BCUT2D eigenvalue weighted by atomic mass is 10.0. The topological polar surface area (TPSA) is 111 Å². The molecule has 0 aromatic carbocycles. The van der Waals surface area contributed by atoms with Crippen LogP contribution in [0.1, 0.15) is 419 Å². The molecule has 0 bridgehead atoms. The molecule has 0 aliphatic carbocycles. The molecule has 0 radical (unpaired) electrons. The number of allylic oxidation sites excluding steroid dienone is 5. The second kappa shape index (κ2) is 71.0. The molecule has 0 aliphatic heterocycles. The Kier molecular flexibility index (Phi) is 69.6. The first-order chi connectivity index (χ1) is 44.4. The van der Waals surface area contributed by atoms with Crippen molar-refractivity contribution in [2.24, 2.45) is 0 Å². The highest BCUT2D eigenvalue weighted by molar-refractivity contribution is 7.47. The van der Waals surface area contributed by atoms with Crippen LogP contribution in [-0.4, -0.2) is 74.3 Å². The third-order valence-electron chi connectivity index (χ3n) is 18.6. The zero-order chi connectivity index (χ0) is 66.3. The van der Waals surface area contributed by atoms with Crippen LogP contribution >= 0.6 is 7.82 Å². The normalized spacial score (nSPS) is 13.5. The fourth-order valence-corrected chi connectivity index (χ4v) is 13.1. The Morgan fingerprint density at radius 1 is 0.385 bits per heavy atom. The van der Waals surface area contributed by atoms with E-state index in [1.807, 2.05) is 27.2 Å². The first kappa shape index (κ1) is 89.2. The molecule has 3 unspecified atom stereocenters. The van der Waals surface area contributed by atoms with Gasteiger partial charge in [-0.25, -0.2) is 4.57 Å². The highest BCUT2D eigenvalue weighted by atomic mass is 31.2. The number of phosphoric ester groups is 1. The van der Waals surface area contributed by atoms with Crippen LogP contribution in [0.3, 0.4) is 0 Å². The smallest absolute Gasteiger partial charge is 0.456 e. The van der Waals surface area contributed by atoms with Gasteiger partial charge in [0.25, 0.3) is 0 Å². The minimum Gasteiger partial charge on any atom is -0.456 e. The van der Waals surface area contributed by atoms with E-state index >= 15 is 0 Å². The maximum atomic E-state index is 13.7. The summed E-state index contributed by atoms with van der Waals surface area (Å²) < 4.78 is 31.0. The Morgan fingerprint density at radius 2 is 0.670 bits per heavy atom. The molecule has 2 N–H and O–H groups in total. The summed E-state index contributed by atoms with van der Waals surface area (Å²) in [7, 11) is 1.52. The van der Waals surface area contributed by atoms with Gasteiger partial charge in [0.05, 0.1) is 33.8 Å². The Labute approximate surface area is 567 Å². The number of phosphoric acid groups is 1. The SMILES string of the molecule is CCCCC/C=C\C/C=C\CCCCCCCCCCCCCCCCCC(=O)NC(COP(=O)(O)OCC[N+](C)(C)C)C(/C=C/CCCCCCCCCCCCC)OC(=O)CCCCCCCCCCCCCCCCCCCCCCCCCCCCC. The van der Waals surface area contributed by atoms with E-state index in [1.54, 1.807) is 0 Å². The molecule has 0 aromatic heterocycles. The van der Waals surface area contributed by atoms with Crippen molar-refractivity contribution in [3.8, 4) is 0 Å². The summed E-state index contributed by atoms with van der Waals surface area (Å²) >= 11 is 0. The Morgan fingerprint density at radius 3 is 1.01 bits per heavy atom. The average Bonchev–Trinajstić information content (AvgIpc) is 3.73. The summed E-state index contributed by atoms with van der Waals surface area (Å²) in [5, 5.41) is 3.09. The van der Waals surface area contributed by atoms with E-state index < -0.39 is 20.0 Å². The molecule has 91 heavy (non-hydrogen) atoms. The maximum Gasteiger partial charge on any atom is 0.472 e. The largest absolute Gasteiger partial charge is 0.472 e. The molecule has 3 atom stereocenters. The van der Waals surface area contributed by atoms with Gasteiger partial charge in [-0.05, 0) is 63.9 Å². The fourth-order valence-electron chi connectivity index (χ4n) is 12.4. The van der Waals surface area contributed by atoms with Gasteiger partial charge in [-0.15, -0.1) is 0 Å². The van der Waals surface area contributed by atoms with Gasteiger partial charge in [0, 0.05) is 12.8 Å². The van der Waals surface area contributed by atoms with E-state index in [0.717, 1.165) is 64.2 Å². The molecule has 538 valence electrons. The van der Waals surface area contributed by atoms with Crippen LogP contribution in [0.4, 0.5) is 0 Å². The van der Waals surface area contributed by atoms with Gasteiger partial charge in [0.2, 0.25) is 5.91 Å². The second-order valence-corrected chi connectivity index (χ2v) is 30.4. The zero-order valence-corrected chi connectivity index (χ0v) is 62.8. The summed E-state index contributed by atoms with van der Waals surface area (Å²) in [6, 6.07) is -0.846. The maximum absolute atomic E-state index is 13.7. The fraction of sp³-hybridized carbons (Fsp3) is 0.901. The molecule has 0 aliphatic rings. The molecule has 0 saturated heterocycles. The quantitative estimate of drug-likeness (QED) is 0.0205. The Hall–Kier alpha value is -1.77. The van der Waals surface area contributed by atoms with Crippen LogP contribution in [0.2, 0.25) is 0 Å². The first-order valence-corrected chi connectivity index (χ1v) is 41.8. The number of carbonyl (C=O) groups excluding carboxylic acids is 2.